The van der Waals surface area contributed by atoms with E-state index in [1.807, 2.05) is 36.0 Å². The highest BCUT2D eigenvalue weighted by molar-refractivity contribution is 5.92. The molecule has 0 aliphatic carbocycles. The first-order valence-corrected chi connectivity index (χ1v) is 7.78. The predicted octanol–water partition coefficient (Wildman–Crippen LogP) is 1.33. The molecular weight excluding hydrogens is 282 g/mol. The van der Waals surface area contributed by atoms with Crippen molar-refractivity contribution in [3.8, 4) is 0 Å². The Labute approximate surface area is 130 Å². The lowest BCUT2D eigenvalue weighted by Gasteiger charge is -2.39. The third kappa shape index (κ3) is 2.63. The third-order valence-electron chi connectivity index (χ3n) is 5.20. The van der Waals surface area contributed by atoms with Crippen molar-refractivity contribution in [3.05, 3.63) is 23.5 Å². The second kappa shape index (κ2) is 5.43. The van der Waals surface area contributed by atoms with Crippen molar-refractivity contribution in [2.24, 2.45) is 5.41 Å². The van der Waals surface area contributed by atoms with E-state index < -0.39 is 5.97 Å². The summed E-state index contributed by atoms with van der Waals surface area (Å²) in [5.74, 6) is -0.691. The van der Waals surface area contributed by atoms with Gasteiger partial charge in [-0.1, -0.05) is 0 Å². The number of carbonyl (C=O) groups is 2. The van der Waals surface area contributed by atoms with Crippen LogP contribution in [0.3, 0.4) is 0 Å². The summed E-state index contributed by atoms with van der Waals surface area (Å²) in [4.78, 5) is 30.6. The Morgan fingerprint density at radius 2 is 2.05 bits per heavy atom. The largest absolute Gasteiger partial charge is 0.480 e. The summed E-state index contributed by atoms with van der Waals surface area (Å²) >= 11 is 0. The number of amides is 1. The zero-order valence-corrected chi connectivity index (χ0v) is 13.1. The van der Waals surface area contributed by atoms with E-state index in [1.54, 1.807) is 0 Å². The standard InChI is InChI=1S/C16H23N3O3/c1-11-7-12(17-9-11)14(20)19-5-3-16(4-6-19)8-13(15(21)22)18(2)10-16/h7,9,13,17H,3-6,8,10H2,1-2H3,(H,21,22)/t13-/m1/s1. The number of carboxylic acids is 1. The number of carbonyl (C=O) groups excluding carboxylic acids is 1. The number of H-pyrrole nitrogens is 1. The average Bonchev–Trinajstić information content (AvgIpc) is 3.03. The van der Waals surface area contributed by atoms with Gasteiger partial charge in [-0.3, -0.25) is 14.5 Å². The van der Waals surface area contributed by atoms with Crippen LogP contribution in [-0.4, -0.2) is 64.5 Å². The van der Waals surface area contributed by atoms with Crippen LogP contribution in [0, 0.1) is 12.3 Å². The van der Waals surface area contributed by atoms with Crippen molar-refractivity contribution in [2.45, 2.75) is 32.2 Å². The van der Waals surface area contributed by atoms with Gasteiger partial charge in [-0.05, 0) is 50.3 Å². The van der Waals surface area contributed by atoms with Crippen LogP contribution in [0.4, 0.5) is 0 Å². The number of likely N-dealkylation sites (tertiary alicyclic amines) is 2. The number of piperidine rings is 1. The number of hydrogen-bond acceptors (Lipinski definition) is 3. The molecule has 1 spiro atoms. The molecule has 3 heterocycles. The summed E-state index contributed by atoms with van der Waals surface area (Å²) in [6, 6.07) is 1.49. The van der Waals surface area contributed by atoms with Crippen molar-refractivity contribution >= 4 is 11.9 Å². The van der Waals surface area contributed by atoms with Gasteiger partial charge in [0.15, 0.2) is 0 Å². The molecule has 6 nitrogen and oxygen atoms in total. The number of aliphatic carboxylic acids is 1. The van der Waals surface area contributed by atoms with Crippen molar-refractivity contribution < 1.29 is 14.7 Å². The van der Waals surface area contributed by atoms with E-state index in [0.29, 0.717) is 25.2 Å². The molecule has 1 aromatic heterocycles. The molecule has 3 rings (SSSR count). The highest BCUT2D eigenvalue weighted by Gasteiger charge is 2.47. The first kappa shape index (κ1) is 15.1. The molecule has 2 N–H and O–H groups in total. The summed E-state index contributed by atoms with van der Waals surface area (Å²) in [6.45, 7) is 4.18. The van der Waals surface area contributed by atoms with Crippen LogP contribution in [0.25, 0.3) is 0 Å². The maximum Gasteiger partial charge on any atom is 0.320 e. The fourth-order valence-corrected chi connectivity index (χ4v) is 3.89. The minimum absolute atomic E-state index is 0.0455. The molecule has 1 atom stereocenters. The van der Waals surface area contributed by atoms with E-state index >= 15 is 0 Å². The summed E-state index contributed by atoms with van der Waals surface area (Å²) in [5.41, 5.74) is 1.75. The van der Waals surface area contributed by atoms with Crippen LogP contribution < -0.4 is 0 Å². The molecule has 0 bridgehead atoms. The number of aromatic nitrogens is 1. The Hall–Kier alpha value is -1.82. The summed E-state index contributed by atoms with van der Waals surface area (Å²) in [7, 11) is 1.88. The van der Waals surface area contributed by atoms with Gasteiger partial charge in [0, 0.05) is 25.8 Å². The lowest BCUT2D eigenvalue weighted by molar-refractivity contribution is -0.141. The summed E-state index contributed by atoms with van der Waals surface area (Å²) < 4.78 is 0. The molecule has 2 saturated heterocycles. The molecular formula is C16H23N3O3. The maximum atomic E-state index is 12.4. The van der Waals surface area contributed by atoms with Crippen molar-refractivity contribution in [1.29, 1.82) is 0 Å². The number of carboxylic acid groups (broad SMARTS) is 1. The van der Waals surface area contributed by atoms with Gasteiger partial charge in [-0.15, -0.1) is 0 Å². The van der Waals surface area contributed by atoms with Gasteiger partial charge in [0.25, 0.3) is 5.91 Å². The smallest absolute Gasteiger partial charge is 0.320 e. The molecule has 120 valence electrons. The van der Waals surface area contributed by atoms with E-state index in [-0.39, 0.29) is 17.4 Å². The van der Waals surface area contributed by atoms with Crippen LogP contribution in [0.15, 0.2) is 12.3 Å². The van der Waals surface area contributed by atoms with Crippen molar-refractivity contribution in [2.75, 3.05) is 26.7 Å². The third-order valence-corrected chi connectivity index (χ3v) is 5.20. The SMILES string of the molecule is Cc1c[nH]c(C(=O)N2CCC3(CC2)C[C@H](C(=O)O)N(C)C3)c1. The first-order valence-electron chi connectivity index (χ1n) is 7.78. The van der Waals surface area contributed by atoms with Crippen molar-refractivity contribution in [3.63, 3.8) is 0 Å². The fraction of sp³-hybridized carbons (Fsp3) is 0.625. The lowest BCUT2D eigenvalue weighted by atomic mass is 9.76. The van der Waals surface area contributed by atoms with Gasteiger partial charge in [-0.2, -0.15) is 0 Å². The Bertz CT molecular complexity index is 587. The van der Waals surface area contributed by atoms with Crippen molar-refractivity contribution in [1.82, 2.24) is 14.8 Å². The van der Waals surface area contributed by atoms with Crippen LogP contribution in [-0.2, 0) is 4.79 Å². The Morgan fingerprint density at radius 1 is 1.36 bits per heavy atom. The maximum absolute atomic E-state index is 12.4. The normalized spacial score (nSPS) is 24.8. The number of nitrogens with zero attached hydrogens (tertiary/aromatic N) is 2. The molecule has 0 aromatic carbocycles. The van der Waals surface area contributed by atoms with Gasteiger partial charge in [0.1, 0.15) is 11.7 Å². The highest BCUT2D eigenvalue weighted by Crippen LogP contribution is 2.42. The first-order chi connectivity index (χ1) is 10.4. The van der Waals surface area contributed by atoms with Crippen LogP contribution >= 0.6 is 0 Å². The van der Waals surface area contributed by atoms with E-state index in [0.717, 1.165) is 24.9 Å². The molecule has 2 aliphatic heterocycles. The van der Waals surface area contributed by atoms with E-state index in [4.69, 9.17) is 0 Å². The van der Waals surface area contributed by atoms with Gasteiger partial charge in [-0.25, -0.2) is 0 Å². The lowest BCUT2D eigenvalue weighted by Crippen LogP contribution is -2.44. The van der Waals surface area contributed by atoms with E-state index in [2.05, 4.69) is 4.98 Å². The second-order valence-electron chi connectivity index (χ2n) is 6.86. The van der Waals surface area contributed by atoms with Gasteiger partial charge in [0.2, 0.25) is 0 Å². The van der Waals surface area contributed by atoms with E-state index in [9.17, 15) is 14.7 Å². The number of nitrogens with one attached hydrogen (secondary N) is 1. The van der Waals surface area contributed by atoms with Crippen LogP contribution in [0.5, 0.6) is 0 Å². The molecule has 0 unspecified atom stereocenters. The molecule has 0 saturated carbocycles. The van der Waals surface area contributed by atoms with Crippen LogP contribution in [0.1, 0.15) is 35.3 Å². The van der Waals surface area contributed by atoms with Crippen LogP contribution in [0.2, 0.25) is 0 Å². The monoisotopic (exact) mass is 305 g/mol. The highest BCUT2D eigenvalue weighted by atomic mass is 16.4. The van der Waals surface area contributed by atoms with Gasteiger partial charge >= 0.3 is 5.97 Å². The van der Waals surface area contributed by atoms with Gasteiger partial charge in [0.05, 0.1) is 0 Å². The quantitative estimate of drug-likeness (QED) is 0.864. The molecule has 1 aromatic rings. The Morgan fingerprint density at radius 3 is 2.55 bits per heavy atom. The number of likely N-dealkylation sites (N-methyl/N-ethyl adjacent to an activating group) is 1. The summed E-state index contributed by atoms with van der Waals surface area (Å²) in [6.07, 6.45) is 4.30. The Balaban J connectivity index is 1.63. The Kier molecular flexibility index (Phi) is 3.72. The number of hydrogen-bond donors (Lipinski definition) is 2. The molecule has 22 heavy (non-hydrogen) atoms. The predicted molar refractivity (Wildman–Crippen MR) is 81.8 cm³/mol. The molecule has 6 heteroatoms. The zero-order chi connectivity index (χ0) is 15.9. The number of aromatic amines is 1. The van der Waals surface area contributed by atoms with Gasteiger partial charge < -0.3 is 15.0 Å². The average molecular weight is 305 g/mol. The summed E-state index contributed by atoms with van der Waals surface area (Å²) in [5, 5.41) is 9.28. The number of aryl methyl sites for hydroxylation is 1. The molecule has 2 fully saturated rings. The number of rotatable bonds is 2. The zero-order valence-electron chi connectivity index (χ0n) is 13.1. The molecule has 1 amide bonds. The molecule has 2 aliphatic rings. The minimum atomic E-state index is -0.736. The van der Waals surface area contributed by atoms with E-state index in [1.165, 1.54) is 0 Å². The molecule has 0 radical (unpaired) electrons. The minimum Gasteiger partial charge on any atom is -0.480 e. The topological polar surface area (TPSA) is 76.6 Å². The second-order valence-corrected chi connectivity index (χ2v) is 6.86. The fourth-order valence-electron chi connectivity index (χ4n) is 3.89.